The lowest BCUT2D eigenvalue weighted by Gasteiger charge is -2.38. The van der Waals surface area contributed by atoms with Crippen molar-refractivity contribution in [2.45, 2.75) is 19.9 Å². The number of rotatable bonds is 2. The van der Waals surface area contributed by atoms with Crippen molar-refractivity contribution < 1.29 is 0 Å². The molecule has 0 bridgehead atoms. The van der Waals surface area contributed by atoms with Crippen LogP contribution in [0.3, 0.4) is 0 Å². The Labute approximate surface area is 148 Å². The van der Waals surface area contributed by atoms with Gasteiger partial charge in [-0.05, 0) is 25.3 Å². The van der Waals surface area contributed by atoms with Gasteiger partial charge in [0, 0.05) is 54.1 Å². The molecule has 1 aliphatic rings. The molecular formula is C22H24N2O. The van der Waals surface area contributed by atoms with Gasteiger partial charge in [-0.2, -0.15) is 0 Å². The molecule has 3 nitrogen and oxygen atoms in total. The summed E-state index contributed by atoms with van der Waals surface area (Å²) in [4.78, 5) is 18.0. The third-order valence-electron chi connectivity index (χ3n) is 5.33. The van der Waals surface area contributed by atoms with Crippen molar-refractivity contribution in [1.82, 2.24) is 4.90 Å². The molecule has 3 aromatic carbocycles. The number of piperazine rings is 1. The maximum absolute atomic E-state index is 13.0. The van der Waals surface area contributed by atoms with Crippen LogP contribution in [0.4, 0.5) is 5.69 Å². The highest BCUT2D eigenvalue weighted by atomic mass is 16.1. The lowest BCUT2D eigenvalue weighted by Crippen LogP contribution is -2.48. The molecular weight excluding hydrogens is 308 g/mol. The molecule has 0 saturated carbocycles. The number of anilines is 1. The van der Waals surface area contributed by atoms with E-state index in [1.807, 2.05) is 42.5 Å². The van der Waals surface area contributed by atoms with E-state index in [-0.39, 0.29) is 5.43 Å². The first-order valence-electron chi connectivity index (χ1n) is 9.09. The molecule has 1 aliphatic heterocycles. The summed E-state index contributed by atoms with van der Waals surface area (Å²) in [5, 5.41) is 3.68. The predicted molar refractivity (Wildman–Crippen MR) is 107 cm³/mol. The lowest BCUT2D eigenvalue weighted by atomic mass is 10.1. The number of nitrogens with zero attached hydrogens (tertiary/aromatic N) is 2. The van der Waals surface area contributed by atoms with Crippen LogP contribution in [0, 0.1) is 0 Å². The van der Waals surface area contributed by atoms with Crippen molar-refractivity contribution in [3.63, 3.8) is 0 Å². The molecule has 0 spiro atoms. The average Bonchev–Trinajstić information content (AvgIpc) is 2.78. The highest BCUT2D eigenvalue weighted by molar-refractivity contribution is 6.01. The topological polar surface area (TPSA) is 23.6 Å². The minimum Gasteiger partial charge on any atom is -0.368 e. The fourth-order valence-electron chi connectivity index (χ4n) is 3.85. The van der Waals surface area contributed by atoms with Crippen LogP contribution in [0.5, 0.6) is 0 Å². The molecule has 1 fully saturated rings. The monoisotopic (exact) mass is 332 g/mol. The van der Waals surface area contributed by atoms with Crippen molar-refractivity contribution in [1.29, 1.82) is 0 Å². The van der Waals surface area contributed by atoms with E-state index in [2.05, 4.69) is 35.8 Å². The summed E-state index contributed by atoms with van der Waals surface area (Å²) in [6, 6.07) is 18.7. The van der Waals surface area contributed by atoms with Gasteiger partial charge in [0.05, 0.1) is 0 Å². The maximum Gasteiger partial charge on any atom is 0.194 e. The van der Waals surface area contributed by atoms with E-state index in [0.717, 1.165) is 47.7 Å². The minimum atomic E-state index is 0.123. The zero-order valence-electron chi connectivity index (χ0n) is 14.9. The summed E-state index contributed by atoms with van der Waals surface area (Å²) < 4.78 is 0. The number of benzene rings is 2. The first-order valence-corrected chi connectivity index (χ1v) is 9.09. The van der Waals surface area contributed by atoms with Crippen LogP contribution in [0.15, 0.2) is 59.4 Å². The molecule has 4 rings (SSSR count). The molecule has 128 valence electrons. The molecule has 25 heavy (non-hydrogen) atoms. The van der Waals surface area contributed by atoms with Crippen LogP contribution >= 0.6 is 0 Å². The van der Waals surface area contributed by atoms with Crippen LogP contribution in [-0.2, 0) is 0 Å². The second kappa shape index (κ2) is 6.49. The maximum atomic E-state index is 13.0. The van der Waals surface area contributed by atoms with E-state index < -0.39 is 0 Å². The Kier molecular flexibility index (Phi) is 4.18. The van der Waals surface area contributed by atoms with Gasteiger partial charge in [-0.15, -0.1) is 0 Å². The van der Waals surface area contributed by atoms with Gasteiger partial charge in [-0.1, -0.05) is 48.5 Å². The SMILES string of the molecule is CC(C)N1CCN(c2cc3ccccc3c(=O)c3ccccc23)CC1. The lowest BCUT2D eigenvalue weighted by molar-refractivity contribution is 0.209. The molecule has 0 aromatic heterocycles. The smallest absolute Gasteiger partial charge is 0.194 e. The Morgan fingerprint density at radius 1 is 0.800 bits per heavy atom. The van der Waals surface area contributed by atoms with Crippen LogP contribution in [0.2, 0.25) is 0 Å². The Balaban J connectivity index is 1.91. The fraction of sp³-hybridized carbons (Fsp3) is 0.318. The normalized spacial score (nSPS) is 16.0. The van der Waals surface area contributed by atoms with Crippen molar-refractivity contribution in [2.75, 3.05) is 31.1 Å². The number of hydrogen-bond donors (Lipinski definition) is 0. The standard InChI is InChI=1S/C22H24N2O/c1-16(2)23-11-13-24(14-12-23)21-15-17-7-3-4-8-18(17)22(25)20-10-6-5-9-19(20)21/h3-10,15-16H,11-14H2,1-2H3. The van der Waals surface area contributed by atoms with Crippen LogP contribution in [0.25, 0.3) is 21.5 Å². The van der Waals surface area contributed by atoms with E-state index in [0.29, 0.717) is 6.04 Å². The Morgan fingerprint density at radius 2 is 1.40 bits per heavy atom. The molecule has 0 radical (unpaired) electrons. The van der Waals surface area contributed by atoms with E-state index in [1.54, 1.807) is 0 Å². The molecule has 0 amide bonds. The molecule has 0 unspecified atom stereocenters. The highest BCUT2D eigenvalue weighted by Crippen LogP contribution is 2.28. The van der Waals surface area contributed by atoms with Crippen molar-refractivity contribution in [3.05, 3.63) is 64.8 Å². The van der Waals surface area contributed by atoms with Gasteiger partial charge in [0.2, 0.25) is 0 Å². The quantitative estimate of drug-likeness (QED) is 0.711. The molecule has 1 heterocycles. The Morgan fingerprint density at radius 3 is 2.08 bits per heavy atom. The molecule has 0 N–H and O–H groups in total. The molecule has 0 aliphatic carbocycles. The third-order valence-corrected chi connectivity index (χ3v) is 5.33. The van der Waals surface area contributed by atoms with Crippen LogP contribution in [0.1, 0.15) is 13.8 Å². The highest BCUT2D eigenvalue weighted by Gasteiger charge is 2.20. The van der Waals surface area contributed by atoms with Crippen molar-refractivity contribution in [2.24, 2.45) is 0 Å². The fourth-order valence-corrected chi connectivity index (χ4v) is 3.85. The van der Waals surface area contributed by atoms with Crippen molar-refractivity contribution >= 4 is 27.2 Å². The van der Waals surface area contributed by atoms with Crippen LogP contribution < -0.4 is 10.3 Å². The van der Waals surface area contributed by atoms with E-state index in [9.17, 15) is 4.79 Å². The first kappa shape index (κ1) is 16.1. The third kappa shape index (κ3) is 2.89. The van der Waals surface area contributed by atoms with E-state index >= 15 is 0 Å². The van der Waals surface area contributed by atoms with Crippen LogP contribution in [-0.4, -0.2) is 37.1 Å². The van der Waals surface area contributed by atoms with E-state index in [4.69, 9.17) is 0 Å². The Hall–Kier alpha value is -2.39. The molecule has 1 saturated heterocycles. The largest absolute Gasteiger partial charge is 0.368 e. The molecule has 3 heteroatoms. The number of fused-ring (bicyclic) bond motifs is 2. The summed E-state index contributed by atoms with van der Waals surface area (Å²) in [6.07, 6.45) is 0. The molecule has 3 aromatic rings. The number of hydrogen-bond acceptors (Lipinski definition) is 3. The van der Waals surface area contributed by atoms with Gasteiger partial charge in [0.25, 0.3) is 0 Å². The minimum absolute atomic E-state index is 0.123. The van der Waals surface area contributed by atoms with Gasteiger partial charge in [-0.3, -0.25) is 9.69 Å². The zero-order valence-corrected chi connectivity index (χ0v) is 14.9. The first-order chi connectivity index (χ1) is 12.1. The predicted octanol–water partition coefficient (Wildman–Crippen LogP) is 3.88. The molecule has 0 atom stereocenters. The second-order valence-electron chi connectivity index (χ2n) is 7.11. The average molecular weight is 332 g/mol. The zero-order chi connectivity index (χ0) is 17.4. The van der Waals surface area contributed by atoms with Gasteiger partial charge in [0.1, 0.15) is 0 Å². The summed E-state index contributed by atoms with van der Waals surface area (Å²) in [7, 11) is 0. The summed E-state index contributed by atoms with van der Waals surface area (Å²) >= 11 is 0. The summed E-state index contributed by atoms with van der Waals surface area (Å²) in [5.74, 6) is 0. The van der Waals surface area contributed by atoms with Gasteiger partial charge in [-0.25, -0.2) is 0 Å². The Bertz CT molecular complexity index is 972. The summed E-state index contributed by atoms with van der Waals surface area (Å²) in [6.45, 7) is 8.62. The van der Waals surface area contributed by atoms with Gasteiger partial charge >= 0.3 is 0 Å². The second-order valence-corrected chi connectivity index (χ2v) is 7.11. The van der Waals surface area contributed by atoms with Crippen molar-refractivity contribution in [3.8, 4) is 0 Å². The summed E-state index contributed by atoms with van der Waals surface area (Å²) in [5.41, 5.74) is 1.30. The van der Waals surface area contributed by atoms with E-state index in [1.165, 1.54) is 5.69 Å². The van der Waals surface area contributed by atoms with Gasteiger partial charge < -0.3 is 4.90 Å². The van der Waals surface area contributed by atoms with Gasteiger partial charge in [0.15, 0.2) is 5.43 Å².